The summed E-state index contributed by atoms with van der Waals surface area (Å²) in [6, 6.07) is 24.2. The Labute approximate surface area is 140 Å². The van der Waals surface area contributed by atoms with Gasteiger partial charge in [0.2, 0.25) is 0 Å². The Bertz CT molecular complexity index is 1030. The maximum atomic E-state index is 9.87. The molecule has 0 aromatic heterocycles. The third kappa shape index (κ3) is 2.46. The molecular weight excluding hydrogens is 296 g/mol. The van der Waals surface area contributed by atoms with Crippen LogP contribution in [0.15, 0.2) is 72.8 Å². The minimum atomic E-state index is 0.292. The molecule has 24 heavy (non-hydrogen) atoms. The molecule has 0 atom stereocenters. The zero-order chi connectivity index (χ0) is 16.5. The SMILES string of the molecule is COc1ccc2ccccc2c1Cc1cccc2ccc(O)cc12. The van der Waals surface area contributed by atoms with E-state index in [-0.39, 0.29) is 0 Å². The molecule has 4 rings (SSSR count). The summed E-state index contributed by atoms with van der Waals surface area (Å²) < 4.78 is 5.61. The van der Waals surface area contributed by atoms with E-state index in [0.29, 0.717) is 5.75 Å². The highest BCUT2D eigenvalue weighted by Gasteiger charge is 2.11. The van der Waals surface area contributed by atoms with E-state index in [1.807, 2.05) is 18.2 Å². The molecule has 0 saturated carbocycles. The minimum Gasteiger partial charge on any atom is -0.508 e. The summed E-state index contributed by atoms with van der Waals surface area (Å²) in [5.41, 5.74) is 2.35. The predicted octanol–water partition coefficient (Wildman–Crippen LogP) is 5.30. The summed E-state index contributed by atoms with van der Waals surface area (Å²) >= 11 is 0. The van der Waals surface area contributed by atoms with Crippen molar-refractivity contribution in [3.63, 3.8) is 0 Å². The number of ether oxygens (including phenoxy) is 1. The van der Waals surface area contributed by atoms with Crippen molar-refractivity contribution in [3.8, 4) is 11.5 Å². The largest absolute Gasteiger partial charge is 0.508 e. The number of benzene rings is 4. The molecule has 4 aromatic carbocycles. The molecule has 0 bridgehead atoms. The van der Waals surface area contributed by atoms with Crippen molar-refractivity contribution in [3.05, 3.63) is 83.9 Å². The van der Waals surface area contributed by atoms with Crippen molar-refractivity contribution in [2.24, 2.45) is 0 Å². The Morgan fingerprint density at radius 3 is 2.42 bits per heavy atom. The molecule has 0 saturated heterocycles. The van der Waals surface area contributed by atoms with E-state index < -0.39 is 0 Å². The number of methoxy groups -OCH3 is 1. The normalized spacial score (nSPS) is 11.0. The zero-order valence-corrected chi connectivity index (χ0v) is 13.5. The predicted molar refractivity (Wildman–Crippen MR) is 98.9 cm³/mol. The molecule has 1 N–H and O–H groups in total. The van der Waals surface area contributed by atoms with Gasteiger partial charge in [0.15, 0.2) is 0 Å². The van der Waals surface area contributed by atoms with Crippen LogP contribution in [0.5, 0.6) is 11.5 Å². The van der Waals surface area contributed by atoms with E-state index in [1.54, 1.807) is 13.2 Å². The molecule has 0 aliphatic rings. The topological polar surface area (TPSA) is 29.5 Å². The van der Waals surface area contributed by atoms with Crippen LogP contribution in [-0.2, 0) is 6.42 Å². The number of rotatable bonds is 3. The van der Waals surface area contributed by atoms with Crippen LogP contribution >= 0.6 is 0 Å². The van der Waals surface area contributed by atoms with E-state index in [9.17, 15) is 5.11 Å². The second-order valence-corrected chi connectivity index (χ2v) is 5.97. The van der Waals surface area contributed by atoms with Gasteiger partial charge in [0.05, 0.1) is 7.11 Å². The summed E-state index contributed by atoms with van der Waals surface area (Å²) in [6.07, 6.45) is 0.755. The fourth-order valence-electron chi connectivity index (χ4n) is 3.36. The van der Waals surface area contributed by atoms with E-state index in [0.717, 1.165) is 22.9 Å². The monoisotopic (exact) mass is 314 g/mol. The quantitative estimate of drug-likeness (QED) is 0.556. The molecule has 0 aliphatic carbocycles. The highest BCUT2D eigenvalue weighted by Crippen LogP contribution is 2.32. The highest BCUT2D eigenvalue weighted by molar-refractivity contribution is 5.91. The molecule has 2 nitrogen and oxygen atoms in total. The number of fused-ring (bicyclic) bond motifs is 2. The van der Waals surface area contributed by atoms with Crippen LogP contribution in [0.3, 0.4) is 0 Å². The van der Waals surface area contributed by atoms with Crippen molar-refractivity contribution in [1.29, 1.82) is 0 Å². The second kappa shape index (κ2) is 5.89. The summed E-state index contributed by atoms with van der Waals surface area (Å²) in [7, 11) is 1.71. The van der Waals surface area contributed by atoms with Gasteiger partial charge in [0.1, 0.15) is 11.5 Å². The first-order valence-corrected chi connectivity index (χ1v) is 8.01. The fraction of sp³-hybridized carbons (Fsp3) is 0.0909. The fourth-order valence-corrected chi connectivity index (χ4v) is 3.36. The Hall–Kier alpha value is -3.00. The molecule has 0 spiro atoms. The third-order valence-electron chi connectivity index (χ3n) is 4.54. The zero-order valence-electron chi connectivity index (χ0n) is 13.5. The maximum Gasteiger partial charge on any atom is 0.123 e. The third-order valence-corrected chi connectivity index (χ3v) is 4.54. The lowest BCUT2D eigenvalue weighted by molar-refractivity contribution is 0.411. The molecule has 0 amide bonds. The van der Waals surface area contributed by atoms with Crippen molar-refractivity contribution in [1.82, 2.24) is 0 Å². The lowest BCUT2D eigenvalue weighted by Gasteiger charge is -2.14. The smallest absolute Gasteiger partial charge is 0.123 e. The first kappa shape index (κ1) is 14.6. The molecule has 0 unspecified atom stereocenters. The number of hydrogen-bond donors (Lipinski definition) is 1. The molecule has 0 radical (unpaired) electrons. The Morgan fingerprint density at radius 1 is 0.792 bits per heavy atom. The van der Waals surface area contributed by atoms with Gasteiger partial charge in [-0.1, -0.05) is 54.6 Å². The molecule has 0 aliphatic heterocycles. The van der Waals surface area contributed by atoms with Gasteiger partial charge >= 0.3 is 0 Å². The molecule has 118 valence electrons. The van der Waals surface area contributed by atoms with Gasteiger partial charge in [0, 0.05) is 12.0 Å². The molecule has 0 fully saturated rings. The summed E-state index contributed by atoms with van der Waals surface area (Å²) in [5, 5.41) is 14.5. The molecule has 0 heterocycles. The summed E-state index contributed by atoms with van der Waals surface area (Å²) in [6.45, 7) is 0. The lowest BCUT2D eigenvalue weighted by Crippen LogP contribution is -1.96. The van der Waals surface area contributed by atoms with Gasteiger partial charge < -0.3 is 9.84 Å². The van der Waals surface area contributed by atoms with Crippen LogP contribution in [0.25, 0.3) is 21.5 Å². The van der Waals surface area contributed by atoms with Crippen LogP contribution < -0.4 is 4.74 Å². The standard InChI is InChI=1S/C22H18O2/c1-24-22-12-10-15-5-2-3-8-19(15)21(22)13-17-7-4-6-16-9-11-18(23)14-20(16)17/h2-12,14,23H,13H2,1H3. The van der Waals surface area contributed by atoms with Gasteiger partial charge in [-0.25, -0.2) is 0 Å². The van der Waals surface area contributed by atoms with Gasteiger partial charge in [-0.2, -0.15) is 0 Å². The summed E-state index contributed by atoms with van der Waals surface area (Å²) in [5.74, 6) is 1.19. The van der Waals surface area contributed by atoms with E-state index in [1.165, 1.54) is 21.9 Å². The van der Waals surface area contributed by atoms with E-state index in [4.69, 9.17) is 4.74 Å². The highest BCUT2D eigenvalue weighted by atomic mass is 16.5. The van der Waals surface area contributed by atoms with E-state index in [2.05, 4.69) is 48.5 Å². The average Bonchev–Trinajstić information content (AvgIpc) is 2.62. The van der Waals surface area contributed by atoms with E-state index >= 15 is 0 Å². The minimum absolute atomic E-state index is 0.292. The number of hydrogen-bond acceptors (Lipinski definition) is 2. The average molecular weight is 314 g/mol. The van der Waals surface area contributed by atoms with Crippen LogP contribution in [0.4, 0.5) is 0 Å². The van der Waals surface area contributed by atoms with Crippen LogP contribution in [0, 0.1) is 0 Å². The molecule has 2 heteroatoms. The van der Waals surface area contributed by atoms with Crippen molar-refractivity contribution < 1.29 is 9.84 Å². The van der Waals surface area contributed by atoms with Gasteiger partial charge in [-0.05, 0) is 45.3 Å². The first-order chi connectivity index (χ1) is 11.8. The van der Waals surface area contributed by atoms with Gasteiger partial charge in [0.25, 0.3) is 0 Å². The van der Waals surface area contributed by atoms with Gasteiger partial charge in [-0.15, -0.1) is 0 Å². The molecule has 4 aromatic rings. The first-order valence-electron chi connectivity index (χ1n) is 8.01. The van der Waals surface area contributed by atoms with Crippen LogP contribution in [-0.4, -0.2) is 12.2 Å². The van der Waals surface area contributed by atoms with Crippen molar-refractivity contribution >= 4 is 21.5 Å². The molecular formula is C22H18O2. The number of phenolic OH excluding ortho intramolecular Hbond substituents is 1. The maximum absolute atomic E-state index is 9.87. The number of aromatic hydroxyl groups is 1. The Morgan fingerprint density at radius 2 is 1.54 bits per heavy atom. The second-order valence-electron chi connectivity index (χ2n) is 5.97. The summed E-state index contributed by atoms with van der Waals surface area (Å²) in [4.78, 5) is 0. The lowest BCUT2D eigenvalue weighted by atomic mass is 9.94. The van der Waals surface area contributed by atoms with Crippen LogP contribution in [0.1, 0.15) is 11.1 Å². The Balaban J connectivity index is 1.93. The van der Waals surface area contributed by atoms with Crippen molar-refractivity contribution in [2.75, 3.05) is 7.11 Å². The number of phenols is 1. The Kier molecular flexibility index (Phi) is 3.58. The van der Waals surface area contributed by atoms with Crippen LogP contribution in [0.2, 0.25) is 0 Å². The van der Waals surface area contributed by atoms with Gasteiger partial charge in [-0.3, -0.25) is 0 Å². The van der Waals surface area contributed by atoms with Crippen molar-refractivity contribution in [2.45, 2.75) is 6.42 Å².